The highest BCUT2D eigenvalue weighted by atomic mass is 32.2. The van der Waals surface area contributed by atoms with Crippen LogP contribution in [0.15, 0.2) is 71.6 Å². The summed E-state index contributed by atoms with van der Waals surface area (Å²) in [5.74, 6) is -0.451. The SMILES string of the molecule is CCOc1ccccc1NC(=O)c1ccc2c(c1)[C@@H]([C@@H](C)CS(=O)(=O)c1ccc(CC)cc1)[C@H](O)C(C)(C)O2. The number of aliphatic hydroxyl groups is 1. The minimum atomic E-state index is -3.62. The van der Waals surface area contributed by atoms with E-state index in [0.29, 0.717) is 34.9 Å². The summed E-state index contributed by atoms with van der Waals surface area (Å²) in [6, 6.07) is 19.2. The quantitative estimate of drug-likeness (QED) is 0.358. The summed E-state index contributed by atoms with van der Waals surface area (Å²) in [7, 11) is -3.62. The van der Waals surface area contributed by atoms with Gasteiger partial charge in [-0.2, -0.15) is 0 Å². The predicted molar refractivity (Wildman–Crippen MR) is 152 cm³/mol. The lowest BCUT2D eigenvalue weighted by Gasteiger charge is -2.44. The monoisotopic (exact) mass is 551 g/mol. The second kappa shape index (κ2) is 11.4. The van der Waals surface area contributed by atoms with Crippen molar-refractivity contribution >= 4 is 21.4 Å². The first-order valence-electron chi connectivity index (χ1n) is 13.3. The molecule has 208 valence electrons. The molecule has 0 aliphatic carbocycles. The highest BCUT2D eigenvalue weighted by Crippen LogP contribution is 2.45. The van der Waals surface area contributed by atoms with Crippen molar-refractivity contribution in [3.63, 3.8) is 0 Å². The van der Waals surface area contributed by atoms with Crippen LogP contribution >= 0.6 is 0 Å². The molecule has 0 fully saturated rings. The number of hydrogen-bond acceptors (Lipinski definition) is 6. The van der Waals surface area contributed by atoms with E-state index in [-0.39, 0.29) is 16.6 Å². The molecule has 3 aromatic rings. The number of para-hydroxylation sites is 2. The maximum Gasteiger partial charge on any atom is 0.255 e. The van der Waals surface area contributed by atoms with E-state index in [0.717, 1.165) is 12.0 Å². The molecule has 0 saturated carbocycles. The molecule has 3 aromatic carbocycles. The number of carbonyl (C=O) groups excluding carboxylic acids is 1. The number of sulfone groups is 1. The number of aryl methyl sites for hydroxylation is 1. The molecule has 0 spiro atoms. The second-order valence-electron chi connectivity index (χ2n) is 10.6. The first-order valence-corrected chi connectivity index (χ1v) is 15.0. The Morgan fingerprint density at radius 3 is 2.44 bits per heavy atom. The average Bonchev–Trinajstić information content (AvgIpc) is 2.90. The molecule has 0 radical (unpaired) electrons. The normalized spacial score (nSPS) is 18.9. The third-order valence-corrected chi connectivity index (χ3v) is 9.23. The molecule has 1 aliphatic rings. The number of hydrogen-bond donors (Lipinski definition) is 2. The third kappa shape index (κ3) is 6.12. The number of benzene rings is 3. The van der Waals surface area contributed by atoms with Crippen molar-refractivity contribution < 1.29 is 27.8 Å². The fraction of sp³-hybridized carbons (Fsp3) is 0.387. The lowest BCUT2D eigenvalue weighted by molar-refractivity contribution is -0.0661. The van der Waals surface area contributed by atoms with Gasteiger partial charge in [-0.1, -0.05) is 38.1 Å². The molecule has 0 saturated heterocycles. The van der Waals surface area contributed by atoms with Crippen molar-refractivity contribution in [1.29, 1.82) is 0 Å². The molecular weight excluding hydrogens is 514 g/mol. The van der Waals surface area contributed by atoms with Crippen LogP contribution in [0.2, 0.25) is 0 Å². The number of amides is 1. The van der Waals surface area contributed by atoms with E-state index in [1.54, 1.807) is 56.3 Å². The molecule has 8 heteroatoms. The Kier molecular flexibility index (Phi) is 8.37. The van der Waals surface area contributed by atoms with Crippen molar-refractivity contribution in [2.24, 2.45) is 5.92 Å². The van der Waals surface area contributed by atoms with Crippen LogP contribution in [-0.4, -0.2) is 43.5 Å². The standard InChI is InChI=1S/C31H37NO6S/c1-6-21-12-15-23(16-13-21)39(35,36)19-20(3)28-24-18-22(14-17-26(24)38-31(4,5)29(28)33)30(34)32-25-10-8-9-11-27(25)37-7-2/h8-18,20,28-29,33H,6-7,19H2,1-5H3,(H,32,34)/t20-,28+,29-/m0/s1. The maximum atomic E-state index is 13.3. The Balaban J connectivity index is 1.65. The summed E-state index contributed by atoms with van der Waals surface area (Å²) in [6.45, 7) is 9.73. The van der Waals surface area contributed by atoms with Gasteiger partial charge in [0.25, 0.3) is 5.91 Å². The fourth-order valence-corrected chi connectivity index (χ4v) is 6.77. The van der Waals surface area contributed by atoms with E-state index < -0.39 is 33.4 Å². The Morgan fingerprint density at radius 1 is 1.08 bits per heavy atom. The number of anilines is 1. The molecular formula is C31H37NO6S. The second-order valence-corrected chi connectivity index (χ2v) is 12.6. The zero-order valence-electron chi connectivity index (χ0n) is 23.1. The van der Waals surface area contributed by atoms with Crippen LogP contribution in [0, 0.1) is 5.92 Å². The van der Waals surface area contributed by atoms with Crippen LogP contribution < -0.4 is 14.8 Å². The Morgan fingerprint density at radius 2 is 1.77 bits per heavy atom. The Hall–Kier alpha value is -3.36. The molecule has 39 heavy (non-hydrogen) atoms. The summed E-state index contributed by atoms with van der Waals surface area (Å²) in [5, 5.41) is 14.3. The predicted octanol–water partition coefficient (Wildman–Crippen LogP) is 5.63. The highest BCUT2D eigenvalue weighted by molar-refractivity contribution is 7.91. The van der Waals surface area contributed by atoms with E-state index >= 15 is 0 Å². The van der Waals surface area contributed by atoms with Gasteiger partial charge >= 0.3 is 0 Å². The van der Waals surface area contributed by atoms with Gasteiger partial charge in [0.1, 0.15) is 23.2 Å². The Bertz CT molecular complexity index is 1430. The molecule has 1 amide bonds. The van der Waals surface area contributed by atoms with E-state index in [2.05, 4.69) is 5.32 Å². The molecule has 1 aliphatic heterocycles. The third-order valence-electron chi connectivity index (χ3n) is 7.28. The van der Waals surface area contributed by atoms with Crippen LogP contribution in [0.5, 0.6) is 11.5 Å². The highest BCUT2D eigenvalue weighted by Gasteiger charge is 2.46. The van der Waals surface area contributed by atoms with Gasteiger partial charge in [0, 0.05) is 17.0 Å². The topological polar surface area (TPSA) is 102 Å². The van der Waals surface area contributed by atoms with Crippen LogP contribution in [0.1, 0.15) is 62.0 Å². The van der Waals surface area contributed by atoms with Gasteiger partial charge in [-0.3, -0.25) is 4.79 Å². The Labute approximate surface area is 231 Å². The first-order chi connectivity index (χ1) is 18.5. The number of ether oxygens (including phenoxy) is 2. The number of carbonyl (C=O) groups is 1. The fourth-order valence-electron chi connectivity index (χ4n) is 5.13. The van der Waals surface area contributed by atoms with Crippen LogP contribution in [0.25, 0.3) is 0 Å². The molecule has 7 nitrogen and oxygen atoms in total. The van der Waals surface area contributed by atoms with E-state index in [4.69, 9.17) is 9.47 Å². The molecule has 4 rings (SSSR count). The summed E-state index contributed by atoms with van der Waals surface area (Å²) >= 11 is 0. The van der Waals surface area contributed by atoms with Crippen LogP contribution in [0.3, 0.4) is 0 Å². The van der Waals surface area contributed by atoms with Gasteiger partial charge in [-0.15, -0.1) is 0 Å². The van der Waals surface area contributed by atoms with Crippen molar-refractivity contribution in [3.8, 4) is 11.5 Å². The van der Waals surface area contributed by atoms with Crippen molar-refractivity contribution in [3.05, 3.63) is 83.4 Å². The lowest BCUT2D eigenvalue weighted by Crippen LogP contribution is -2.51. The largest absolute Gasteiger partial charge is 0.492 e. The summed E-state index contributed by atoms with van der Waals surface area (Å²) in [4.78, 5) is 13.5. The number of rotatable bonds is 9. The van der Waals surface area contributed by atoms with Gasteiger partial charge in [0.2, 0.25) is 0 Å². The van der Waals surface area contributed by atoms with E-state index in [1.165, 1.54) is 0 Å². The maximum absolute atomic E-state index is 13.3. The summed E-state index contributed by atoms with van der Waals surface area (Å²) < 4.78 is 38.4. The van der Waals surface area contributed by atoms with Gasteiger partial charge in [-0.25, -0.2) is 8.42 Å². The molecule has 0 unspecified atom stereocenters. The number of nitrogens with one attached hydrogen (secondary N) is 1. The van der Waals surface area contributed by atoms with Crippen molar-refractivity contribution in [2.45, 2.75) is 63.6 Å². The average molecular weight is 552 g/mol. The van der Waals surface area contributed by atoms with Crippen LogP contribution in [-0.2, 0) is 16.3 Å². The summed E-state index contributed by atoms with van der Waals surface area (Å²) in [6.07, 6.45) is -0.168. The lowest BCUT2D eigenvalue weighted by atomic mass is 9.75. The zero-order chi connectivity index (χ0) is 28.4. The minimum absolute atomic E-state index is 0.159. The smallest absolute Gasteiger partial charge is 0.255 e. The summed E-state index contributed by atoms with van der Waals surface area (Å²) in [5.41, 5.74) is 1.64. The van der Waals surface area contributed by atoms with Crippen LogP contribution in [0.4, 0.5) is 5.69 Å². The van der Waals surface area contributed by atoms with Gasteiger partial charge < -0.3 is 19.9 Å². The molecule has 0 bridgehead atoms. The minimum Gasteiger partial charge on any atom is -0.492 e. The van der Waals surface area contributed by atoms with Crippen molar-refractivity contribution in [1.82, 2.24) is 0 Å². The van der Waals surface area contributed by atoms with E-state index in [1.807, 2.05) is 45.0 Å². The molecule has 1 heterocycles. The molecule has 3 atom stereocenters. The number of fused-ring (bicyclic) bond motifs is 1. The first kappa shape index (κ1) is 28.6. The van der Waals surface area contributed by atoms with Gasteiger partial charge in [-0.05, 0) is 81.1 Å². The van der Waals surface area contributed by atoms with E-state index in [9.17, 15) is 18.3 Å². The zero-order valence-corrected chi connectivity index (χ0v) is 23.9. The number of aliphatic hydroxyl groups excluding tert-OH is 1. The van der Waals surface area contributed by atoms with Crippen molar-refractivity contribution in [2.75, 3.05) is 17.7 Å². The molecule has 0 aromatic heterocycles. The van der Waals surface area contributed by atoms with Gasteiger partial charge in [0.15, 0.2) is 9.84 Å². The van der Waals surface area contributed by atoms with Gasteiger partial charge in [0.05, 0.1) is 22.9 Å². The molecule has 2 N–H and O–H groups in total.